The van der Waals surface area contributed by atoms with Gasteiger partial charge in [-0.05, 0) is 49.4 Å². The zero-order valence-corrected chi connectivity index (χ0v) is 13.4. The Balaban J connectivity index is 1.88. The predicted octanol–water partition coefficient (Wildman–Crippen LogP) is 2.64. The van der Waals surface area contributed by atoms with Crippen LogP contribution in [0.5, 0.6) is 0 Å². The molecule has 1 amide bonds. The van der Waals surface area contributed by atoms with E-state index in [9.17, 15) is 14.0 Å². The lowest BCUT2D eigenvalue weighted by Crippen LogP contribution is -2.33. The number of nitrogens with one attached hydrogen (secondary N) is 1. The molecular weight excluding hydrogens is 323 g/mol. The van der Waals surface area contributed by atoms with Gasteiger partial charge in [-0.15, -0.1) is 0 Å². The van der Waals surface area contributed by atoms with Gasteiger partial charge in [0.1, 0.15) is 11.9 Å². The van der Waals surface area contributed by atoms with Gasteiger partial charge in [-0.2, -0.15) is 5.10 Å². The molecule has 3 aromatic rings. The van der Waals surface area contributed by atoms with Crippen molar-refractivity contribution in [3.05, 3.63) is 77.1 Å². The van der Waals surface area contributed by atoms with Crippen molar-refractivity contribution < 1.29 is 9.18 Å². The smallest absolute Gasteiger partial charge is 0.267 e. The molecule has 0 spiro atoms. The van der Waals surface area contributed by atoms with E-state index >= 15 is 0 Å². The van der Waals surface area contributed by atoms with Crippen molar-refractivity contribution in [3.8, 4) is 11.3 Å². The molecule has 25 heavy (non-hydrogen) atoms. The van der Waals surface area contributed by atoms with Gasteiger partial charge in [0.15, 0.2) is 0 Å². The Bertz CT molecular complexity index is 939. The van der Waals surface area contributed by atoms with Crippen LogP contribution in [0, 0.1) is 5.82 Å². The van der Waals surface area contributed by atoms with Crippen molar-refractivity contribution in [1.29, 1.82) is 0 Å². The van der Waals surface area contributed by atoms with E-state index in [4.69, 9.17) is 0 Å². The predicted molar refractivity (Wildman–Crippen MR) is 91.5 cm³/mol. The van der Waals surface area contributed by atoms with E-state index in [1.54, 1.807) is 37.4 Å². The van der Waals surface area contributed by atoms with Crippen molar-refractivity contribution in [2.24, 2.45) is 0 Å². The first kappa shape index (κ1) is 16.5. The molecule has 2 aromatic heterocycles. The van der Waals surface area contributed by atoms with Crippen LogP contribution < -0.4 is 10.9 Å². The van der Waals surface area contributed by atoms with E-state index < -0.39 is 11.6 Å². The maximum Gasteiger partial charge on any atom is 0.267 e. The molecule has 0 unspecified atom stereocenters. The average Bonchev–Trinajstić information content (AvgIpc) is 2.63. The van der Waals surface area contributed by atoms with Gasteiger partial charge in [-0.3, -0.25) is 14.6 Å². The van der Waals surface area contributed by atoms with Gasteiger partial charge in [0.25, 0.3) is 5.56 Å². The van der Waals surface area contributed by atoms with E-state index in [1.807, 2.05) is 0 Å². The van der Waals surface area contributed by atoms with E-state index in [-0.39, 0.29) is 11.7 Å². The normalized spacial score (nSPS) is 11.8. The zero-order chi connectivity index (χ0) is 17.8. The molecule has 0 aliphatic rings. The largest absolute Gasteiger partial charge is 0.323 e. The Kier molecular flexibility index (Phi) is 4.65. The standard InChI is InChI=1S/C18H15FN4O2/c1-12(18(25)21-15-3-2-10-20-11-15)23-17(24)9-8-16(22-23)13-4-6-14(19)7-5-13/h2-12H,1H3,(H,21,25)/t12-/m0/s1. The van der Waals surface area contributed by atoms with E-state index in [0.717, 1.165) is 4.68 Å². The minimum Gasteiger partial charge on any atom is -0.323 e. The van der Waals surface area contributed by atoms with Crippen molar-refractivity contribution in [2.75, 3.05) is 5.32 Å². The van der Waals surface area contributed by atoms with Gasteiger partial charge in [0.05, 0.1) is 17.6 Å². The number of hydrogen-bond donors (Lipinski definition) is 1. The van der Waals surface area contributed by atoms with Gasteiger partial charge < -0.3 is 5.32 Å². The number of halogens is 1. The number of anilines is 1. The highest BCUT2D eigenvalue weighted by Gasteiger charge is 2.18. The first-order valence-corrected chi connectivity index (χ1v) is 7.61. The molecule has 3 rings (SSSR count). The third kappa shape index (κ3) is 3.77. The van der Waals surface area contributed by atoms with Crippen LogP contribution in [-0.4, -0.2) is 20.7 Å². The number of benzene rings is 1. The molecule has 126 valence electrons. The minimum atomic E-state index is -0.826. The number of aromatic nitrogens is 3. The van der Waals surface area contributed by atoms with Crippen LogP contribution in [0.4, 0.5) is 10.1 Å². The summed E-state index contributed by atoms with van der Waals surface area (Å²) in [4.78, 5) is 28.4. The molecule has 0 bridgehead atoms. The van der Waals surface area contributed by atoms with Crippen LogP contribution in [0.3, 0.4) is 0 Å². The summed E-state index contributed by atoms with van der Waals surface area (Å²) in [5.74, 6) is -0.750. The molecule has 0 fully saturated rings. The molecule has 0 aliphatic carbocycles. The number of pyridine rings is 1. The van der Waals surface area contributed by atoms with Gasteiger partial charge >= 0.3 is 0 Å². The highest BCUT2D eigenvalue weighted by molar-refractivity contribution is 5.93. The second-order valence-electron chi connectivity index (χ2n) is 5.42. The maximum absolute atomic E-state index is 13.1. The molecule has 7 heteroatoms. The number of amides is 1. The fourth-order valence-electron chi connectivity index (χ4n) is 2.27. The first-order chi connectivity index (χ1) is 12.0. The van der Waals surface area contributed by atoms with E-state index in [0.29, 0.717) is 16.9 Å². The first-order valence-electron chi connectivity index (χ1n) is 7.61. The Hall–Kier alpha value is -3.35. The molecule has 0 aliphatic heterocycles. The second-order valence-corrected chi connectivity index (χ2v) is 5.42. The Morgan fingerprint density at radius 2 is 1.92 bits per heavy atom. The molecule has 1 aromatic carbocycles. The Morgan fingerprint density at radius 1 is 1.16 bits per heavy atom. The topological polar surface area (TPSA) is 76.9 Å². The molecule has 0 saturated heterocycles. The van der Waals surface area contributed by atoms with Crippen molar-refractivity contribution in [2.45, 2.75) is 13.0 Å². The fraction of sp³-hybridized carbons (Fsp3) is 0.111. The van der Waals surface area contributed by atoms with Crippen molar-refractivity contribution in [3.63, 3.8) is 0 Å². The van der Waals surface area contributed by atoms with Gasteiger partial charge in [-0.25, -0.2) is 9.07 Å². The number of carbonyl (C=O) groups excluding carboxylic acids is 1. The monoisotopic (exact) mass is 338 g/mol. The van der Waals surface area contributed by atoms with Crippen LogP contribution in [0.25, 0.3) is 11.3 Å². The third-order valence-electron chi connectivity index (χ3n) is 3.64. The SMILES string of the molecule is C[C@@H](C(=O)Nc1cccnc1)n1nc(-c2ccc(F)cc2)ccc1=O. The lowest BCUT2D eigenvalue weighted by atomic mass is 10.1. The molecule has 1 atom stereocenters. The summed E-state index contributed by atoms with van der Waals surface area (Å²) in [5, 5.41) is 6.92. The Labute approximate surface area is 143 Å². The van der Waals surface area contributed by atoms with Gasteiger partial charge in [-0.1, -0.05) is 0 Å². The summed E-state index contributed by atoms with van der Waals surface area (Å²) in [5.41, 5.74) is 1.25. The fourth-order valence-corrected chi connectivity index (χ4v) is 2.27. The second kappa shape index (κ2) is 7.04. The minimum absolute atomic E-state index is 0.360. The van der Waals surface area contributed by atoms with Gasteiger partial charge in [0, 0.05) is 17.8 Å². The summed E-state index contributed by atoms with van der Waals surface area (Å²) in [6.07, 6.45) is 3.10. The number of carbonyl (C=O) groups is 1. The van der Waals surface area contributed by atoms with Crippen molar-refractivity contribution in [1.82, 2.24) is 14.8 Å². The lowest BCUT2D eigenvalue weighted by molar-refractivity contribution is -0.119. The van der Waals surface area contributed by atoms with Crippen LogP contribution in [0.2, 0.25) is 0 Å². The van der Waals surface area contributed by atoms with Gasteiger partial charge in [0.2, 0.25) is 5.91 Å². The molecule has 6 nitrogen and oxygen atoms in total. The molecule has 0 saturated carbocycles. The van der Waals surface area contributed by atoms with Crippen LogP contribution in [0.15, 0.2) is 65.7 Å². The van der Waals surface area contributed by atoms with Crippen molar-refractivity contribution >= 4 is 11.6 Å². The average molecular weight is 338 g/mol. The van der Waals surface area contributed by atoms with Crippen LogP contribution in [-0.2, 0) is 4.79 Å². The molecule has 1 N–H and O–H groups in total. The highest BCUT2D eigenvalue weighted by atomic mass is 19.1. The molecule has 2 heterocycles. The summed E-state index contributed by atoms with van der Waals surface area (Å²) in [6.45, 7) is 1.58. The zero-order valence-electron chi connectivity index (χ0n) is 13.4. The summed E-state index contributed by atoms with van der Waals surface area (Å²) in [6, 6.07) is 11.2. The van der Waals surface area contributed by atoms with Crippen LogP contribution >= 0.6 is 0 Å². The number of rotatable bonds is 4. The summed E-state index contributed by atoms with van der Waals surface area (Å²) >= 11 is 0. The van der Waals surface area contributed by atoms with Crippen LogP contribution in [0.1, 0.15) is 13.0 Å². The lowest BCUT2D eigenvalue weighted by Gasteiger charge is -2.15. The number of nitrogens with zero attached hydrogens (tertiary/aromatic N) is 3. The highest BCUT2D eigenvalue weighted by Crippen LogP contribution is 2.17. The maximum atomic E-state index is 13.1. The number of hydrogen-bond acceptors (Lipinski definition) is 4. The molecule has 0 radical (unpaired) electrons. The quantitative estimate of drug-likeness (QED) is 0.793. The summed E-state index contributed by atoms with van der Waals surface area (Å²) in [7, 11) is 0. The van der Waals surface area contributed by atoms with E-state index in [1.165, 1.54) is 30.5 Å². The molecular formula is C18H15FN4O2. The third-order valence-corrected chi connectivity index (χ3v) is 3.64. The summed E-state index contributed by atoms with van der Waals surface area (Å²) < 4.78 is 14.2. The van der Waals surface area contributed by atoms with E-state index in [2.05, 4.69) is 15.4 Å². The Morgan fingerprint density at radius 3 is 2.60 bits per heavy atom.